The van der Waals surface area contributed by atoms with Gasteiger partial charge >= 0.3 is 0 Å². The second kappa shape index (κ2) is 10.1. The van der Waals surface area contributed by atoms with Crippen molar-refractivity contribution in [3.05, 3.63) is 41.1 Å². The molecule has 0 aromatic carbocycles. The van der Waals surface area contributed by atoms with Crippen LogP contribution in [0.25, 0.3) is 0 Å². The molecule has 2 aromatic heterocycles. The zero-order valence-corrected chi connectivity index (χ0v) is 17.0. The van der Waals surface area contributed by atoms with Crippen LogP contribution in [-0.4, -0.2) is 35.2 Å². The quantitative estimate of drug-likeness (QED) is 0.252. The van der Waals surface area contributed by atoms with E-state index in [4.69, 9.17) is 10.2 Å². The Morgan fingerprint density at radius 1 is 1.36 bits per heavy atom. The van der Waals surface area contributed by atoms with Gasteiger partial charge in [0.05, 0.1) is 12.2 Å². The van der Waals surface area contributed by atoms with Gasteiger partial charge < -0.3 is 20.8 Å². The van der Waals surface area contributed by atoms with Gasteiger partial charge in [-0.3, -0.25) is 14.5 Å². The lowest BCUT2D eigenvalue weighted by molar-refractivity contribution is 0.0972. The van der Waals surface area contributed by atoms with Crippen LogP contribution < -0.4 is 16.4 Å². The third-order valence-electron chi connectivity index (χ3n) is 3.50. The normalized spacial score (nSPS) is 11.1. The van der Waals surface area contributed by atoms with E-state index in [1.54, 1.807) is 19.2 Å². The Balaban J connectivity index is 0.00000312. The molecule has 0 spiro atoms. The number of primary amides is 1. The van der Waals surface area contributed by atoms with Crippen molar-refractivity contribution >= 4 is 35.8 Å². The number of hydrogen-bond donors (Lipinski definition) is 3. The molecule has 0 saturated heterocycles. The van der Waals surface area contributed by atoms with Gasteiger partial charge in [0, 0.05) is 25.8 Å². The maximum atomic E-state index is 11.0. The van der Waals surface area contributed by atoms with Crippen molar-refractivity contribution in [2.24, 2.45) is 10.7 Å². The van der Waals surface area contributed by atoms with Gasteiger partial charge in [-0.2, -0.15) is 5.10 Å². The molecule has 2 aromatic rings. The van der Waals surface area contributed by atoms with Gasteiger partial charge in [0.2, 0.25) is 0 Å². The van der Waals surface area contributed by atoms with Gasteiger partial charge in [-0.1, -0.05) is 0 Å². The second-order valence-corrected chi connectivity index (χ2v) is 5.49. The molecule has 2 heterocycles. The van der Waals surface area contributed by atoms with E-state index in [1.807, 2.05) is 11.6 Å². The van der Waals surface area contributed by atoms with Crippen molar-refractivity contribution in [2.45, 2.75) is 33.4 Å². The summed E-state index contributed by atoms with van der Waals surface area (Å²) < 4.78 is 7.31. The predicted octanol–water partition coefficient (Wildman–Crippen LogP) is 1.57. The highest BCUT2D eigenvalue weighted by molar-refractivity contribution is 14.0. The summed E-state index contributed by atoms with van der Waals surface area (Å²) in [5.74, 6) is 0.863. The summed E-state index contributed by atoms with van der Waals surface area (Å²) in [5.41, 5.74) is 7.35. The molecule has 1 amide bonds. The van der Waals surface area contributed by atoms with Crippen molar-refractivity contribution in [3.63, 3.8) is 0 Å². The van der Waals surface area contributed by atoms with E-state index in [1.165, 1.54) is 0 Å². The average molecular weight is 460 g/mol. The molecule has 0 unspecified atom stereocenters. The summed E-state index contributed by atoms with van der Waals surface area (Å²) in [5, 5.41) is 10.8. The van der Waals surface area contributed by atoms with Gasteiger partial charge in [-0.05, 0) is 38.5 Å². The first-order chi connectivity index (χ1) is 11.5. The highest BCUT2D eigenvalue weighted by Crippen LogP contribution is 2.06. The maximum absolute atomic E-state index is 11.0. The fraction of sp³-hybridized carbons (Fsp3) is 0.438. The number of furan rings is 1. The van der Waals surface area contributed by atoms with Gasteiger partial charge in [-0.25, -0.2) is 0 Å². The zero-order chi connectivity index (χ0) is 17.5. The third-order valence-corrected chi connectivity index (χ3v) is 3.50. The minimum atomic E-state index is -0.576. The van der Waals surface area contributed by atoms with E-state index in [2.05, 4.69) is 33.7 Å². The fourth-order valence-electron chi connectivity index (χ4n) is 2.33. The summed E-state index contributed by atoms with van der Waals surface area (Å²) in [7, 11) is 1.70. The summed E-state index contributed by atoms with van der Waals surface area (Å²) >= 11 is 0. The molecule has 2 rings (SSSR count). The lowest BCUT2D eigenvalue weighted by Crippen LogP contribution is -2.37. The standard InChI is InChI=1S/C16H24N6O2.HI/c1-11-9-12(2)22(21-11)8-4-7-19-16(18-3)20-10-13-5-6-14(24-13)15(17)23;/h5-6,9H,4,7-8,10H2,1-3H3,(H2,17,23)(H2,18,19,20);1H. The Morgan fingerprint density at radius 3 is 2.68 bits per heavy atom. The van der Waals surface area contributed by atoms with Crippen molar-refractivity contribution in [3.8, 4) is 0 Å². The van der Waals surface area contributed by atoms with Crippen molar-refractivity contribution in [2.75, 3.05) is 13.6 Å². The summed E-state index contributed by atoms with van der Waals surface area (Å²) in [4.78, 5) is 15.1. The molecule has 0 bridgehead atoms. The number of aliphatic imine (C=N–C) groups is 1. The van der Waals surface area contributed by atoms with Crippen LogP contribution in [0.2, 0.25) is 0 Å². The number of halogens is 1. The fourth-order valence-corrected chi connectivity index (χ4v) is 2.33. The Bertz CT molecular complexity index is 722. The third kappa shape index (κ3) is 6.40. The van der Waals surface area contributed by atoms with E-state index < -0.39 is 5.91 Å². The monoisotopic (exact) mass is 460 g/mol. The molecule has 0 fully saturated rings. The first kappa shape index (κ1) is 21.0. The van der Waals surface area contributed by atoms with Gasteiger partial charge in [-0.15, -0.1) is 24.0 Å². The number of carbonyl (C=O) groups excluding carboxylic acids is 1. The smallest absolute Gasteiger partial charge is 0.284 e. The van der Waals surface area contributed by atoms with E-state index >= 15 is 0 Å². The minimum absolute atomic E-state index is 0. The summed E-state index contributed by atoms with van der Waals surface area (Å²) in [6.07, 6.45) is 0.926. The molecule has 8 nitrogen and oxygen atoms in total. The number of nitrogens with two attached hydrogens (primary N) is 1. The van der Waals surface area contributed by atoms with Crippen LogP contribution in [-0.2, 0) is 13.1 Å². The molecular formula is C16H25IN6O2. The SMILES string of the molecule is CN=C(NCCCn1nc(C)cc1C)NCc1ccc(C(N)=O)o1.I. The Morgan fingerprint density at radius 2 is 2.12 bits per heavy atom. The Labute approximate surface area is 164 Å². The number of amides is 1. The molecule has 0 aliphatic rings. The molecule has 25 heavy (non-hydrogen) atoms. The topological polar surface area (TPSA) is 110 Å². The largest absolute Gasteiger partial charge is 0.454 e. The van der Waals surface area contributed by atoms with Gasteiger partial charge in [0.1, 0.15) is 5.76 Å². The predicted molar refractivity (Wildman–Crippen MR) is 107 cm³/mol. The van der Waals surface area contributed by atoms with Crippen molar-refractivity contribution in [1.29, 1.82) is 0 Å². The van der Waals surface area contributed by atoms with Crippen molar-refractivity contribution < 1.29 is 9.21 Å². The van der Waals surface area contributed by atoms with Crippen LogP contribution in [0.5, 0.6) is 0 Å². The second-order valence-electron chi connectivity index (χ2n) is 5.49. The highest BCUT2D eigenvalue weighted by Gasteiger charge is 2.07. The van der Waals surface area contributed by atoms with Gasteiger partial charge in [0.25, 0.3) is 5.91 Å². The minimum Gasteiger partial charge on any atom is -0.454 e. The number of rotatable bonds is 7. The highest BCUT2D eigenvalue weighted by atomic mass is 127. The molecular weight excluding hydrogens is 435 g/mol. The van der Waals surface area contributed by atoms with Gasteiger partial charge in [0.15, 0.2) is 11.7 Å². The summed E-state index contributed by atoms with van der Waals surface area (Å²) in [6.45, 7) is 6.08. The number of aryl methyl sites for hydroxylation is 3. The number of guanidine groups is 1. The molecule has 138 valence electrons. The number of carbonyl (C=O) groups is 1. The first-order valence-corrected chi connectivity index (χ1v) is 7.83. The molecule has 0 aliphatic heterocycles. The number of aromatic nitrogens is 2. The van der Waals surface area contributed by atoms with E-state index in [0.717, 1.165) is 30.9 Å². The maximum Gasteiger partial charge on any atom is 0.284 e. The number of hydrogen-bond acceptors (Lipinski definition) is 4. The van der Waals surface area contributed by atoms with E-state index in [9.17, 15) is 4.79 Å². The number of nitrogens with zero attached hydrogens (tertiary/aromatic N) is 3. The van der Waals surface area contributed by atoms with Crippen LogP contribution in [0.4, 0.5) is 0 Å². The molecule has 0 radical (unpaired) electrons. The molecule has 4 N–H and O–H groups in total. The van der Waals surface area contributed by atoms with Crippen LogP contribution >= 0.6 is 24.0 Å². The van der Waals surface area contributed by atoms with Crippen LogP contribution in [0, 0.1) is 13.8 Å². The Kier molecular flexibility index (Phi) is 8.46. The van der Waals surface area contributed by atoms with Crippen molar-refractivity contribution in [1.82, 2.24) is 20.4 Å². The molecule has 9 heteroatoms. The lowest BCUT2D eigenvalue weighted by Gasteiger charge is -2.11. The first-order valence-electron chi connectivity index (χ1n) is 7.83. The Hall–Kier alpha value is -2.04. The molecule has 0 aliphatic carbocycles. The summed E-state index contributed by atoms with van der Waals surface area (Å²) in [6, 6.07) is 5.34. The van der Waals surface area contributed by atoms with Crippen LogP contribution in [0.3, 0.4) is 0 Å². The van der Waals surface area contributed by atoms with Crippen LogP contribution in [0.1, 0.15) is 34.1 Å². The lowest BCUT2D eigenvalue weighted by atomic mass is 10.4. The zero-order valence-electron chi connectivity index (χ0n) is 14.7. The molecule has 0 saturated carbocycles. The number of nitrogens with one attached hydrogen (secondary N) is 2. The van der Waals surface area contributed by atoms with E-state index in [0.29, 0.717) is 18.3 Å². The average Bonchev–Trinajstić information content (AvgIpc) is 3.13. The van der Waals surface area contributed by atoms with E-state index in [-0.39, 0.29) is 29.7 Å². The molecule has 0 atom stereocenters. The van der Waals surface area contributed by atoms with Crippen LogP contribution in [0.15, 0.2) is 27.6 Å².